The summed E-state index contributed by atoms with van der Waals surface area (Å²) in [6.07, 6.45) is -3.46. The van der Waals surface area contributed by atoms with E-state index in [1.165, 1.54) is 0 Å². The van der Waals surface area contributed by atoms with Crippen LogP contribution in [0.2, 0.25) is 0 Å². The van der Waals surface area contributed by atoms with E-state index in [0.717, 1.165) is 6.20 Å². The Morgan fingerprint density at radius 3 is 2.25 bits per heavy atom. The first-order chi connectivity index (χ1) is 5.40. The van der Waals surface area contributed by atoms with E-state index in [1.807, 2.05) is 5.43 Å². The Balaban J connectivity index is 3.04. The molecule has 4 nitrogen and oxygen atoms in total. The second kappa shape index (κ2) is 2.37. The molecule has 0 aromatic heterocycles. The number of halogens is 3. The normalized spacial score (nSPS) is 28.6. The number of hydrazine groups is 1. The molecule has 0 spiro atoms. The average molecular weight is 182 g/mol. The summed E-state index contributed by atoms with van der Waals surface area (Å²) in [5.41, 5.74) is 0.600. The van der Waals surface area contributed by atoms with Gasteiger partial charge in [0.25, 0.3) is 0 Å². The van der Waals surface area contributed by atoms with E-state index in [-0.39, 0.29) is 0 Å². The molecular formula is C5H5F3N2O2. The van der Waals surface area contributed by atoms with Gasteiger partial charge in [-0.15, -0.1) is 0 Å². The molecule has 1 unspecified atom stereocenters. The summed E-state index contributed by atoms with van der Waals surface area (Å²) in [6.45, 7) is 0. The second-order valence-electron chi connectivity index (χ2n) is 2.21. The first-order valence-corrected chi connectivity index (χ1v) is 2.91. The quantitative estimate of drug-likeness (QED) is 0.534. The second-order valence-corrected chi connectivity index (χ2v) is 2.21. The monoisotopic (exact) mass is 182 g/mol. The van der Waals surface area contributed by atoms with E-state index in [9.17, 15) is 18.0 Å². The van der Waals surface area contributed by atoms with Crippen LogP contribution >= 0.6 is 0 Å². The number of aliphatic carboxylic acids is 1. The lowest BCUT2D eigenvalue weighted by molar-refractivity contribution is -0.198. The van der Waals surface area contributed by atoms with Gasteiger partial charge in [-0.1, -0.05) is 0 Å². The number of hydrogen-bond donors (Lipinski definition) is 3. The summed E-state index contributed by atoms with van der Waals surface area (Å²) in [6, 6.07) is 0. The van der Waals surface area contributed by atoms with Gasteiger partial charge >= 0.3 is 12.1 Å². The van der Waals surface area contributed by atoms with Crippen molar-refractivity contribution in [1.29, 1.82) is 0 Å². The molecule has 12 heavy (non-hydrogen) atoms. The lowest BCUT2D eigenvalue weighted by atomic mass is 10.0. The van der Waals surface area contributed by atoms with Crippen LogP contribution in [-0.2, 0) is 4.79 Å². The zero-order chi connectivity index (χ0) is 9.41. The standard InChI is InChI=1S/C5H5F3N2O2/c6-5(7,8)4(3(11)12)1-2-9-10-4/h1-2,9-10H,(H,11,12). The van der Waals surface area contributed by atoms with Crippen LogP contribution in [0.4, 0.5) is 13.2 Å². The molecular weight excluding hydrogens is 177 g/mol. The molecule has 0 fully saturated rings. The van der Waals surface area contributed by atoms with E-state index in [0.29, 0.717) is 6.08 Å². The SMILES string of the molecule is O=C(O)C1(C(F)(F)F)C=CNN1. The highest BCUT2D eigenvalue weighted by Gasteiger charge is 2.61. The average Bonchev–Trinajstić information content (AvgIpc) is 2.31. The minimum atomic E-state index is -4.86. The topological polar surface area (TPSA) is 61.4 Å². The lowest BCUT2D eigenvalue weighted by Crippen LogP contribution is -2.61. The van der Waals surface area contributed by atoms with Gasteiger partial charge in [-0.2, -0.15) is 13.2 Å². The third kappa shape index (κ3) is 1.02. The summed E-state index contributed by atoms with van der Waals surface area (Å²) >= 11 is 0. The number of carbonyl (C=O) groups is 1. The third-order valence-electron chi connectivity index (χ3n) is 1.47. The highest BCUT2D eigenvalue weighted by molar-refractivity contribution is 5.83. The van der Waals surface area contributed by atoms with Crippen molar-refractivity contribution >= 4 is 5.97 Å². The third-order valence-corrected chi connectivity index (χ3v) is 1.47. The molecule has 1 aliphatic rings. The number of carboxylic acids is 1. The van der Waals surface area contributed by atoms with Crippen molar-refractivity contribution in [3.63, 3.8) is 0 Å². The van der Waals surface area contributed by atoms with E-state index in [4.69, 9.17) is 5.11 Å². The van der Waals surface area contributed by atoms with Crippen LogP contribution in [0.15, 0.2) is 12.3 Å². The summed E-state index contributed by atoms with van der Waals surface area (Å²) in [4.78, 5) is 10.3. The van der Waals surface area contributed by atoms with Gasteiger partial charge in [0.2, 0.25) is 5.54 Å². The number of carboxylic acid groups (broad SMARTS) is 1. The van der Waals surface area contributed by atoms with Gasteiger partial charge in [-0.25, -0.2) is 10.2 Å². The van der Waals surface area contributed by atoms with Crippen LogP contribution in [0.25, 0.3) is 0 Å². The van der Waals surface area contributed by atoms with Crippen molar-refractivity contribution in [1.82, 2.24) is 10.9 Å². The van der Waals surface area contributed by atoms with Gasteiger partial charge in [0, 0.05) is 6.20 Å². The van der Waals surface area contributed by atoms with E-state index in [1.54, 1.807) is 5.43 Å². The molecule has 3 N–H and O–H groups in total. The van der Waals surface area contributed by atoms with Crippen LogP contribution in [0, 0.1) is 0 Å². The smallest absolute Gasteiger partial charge is 0.422 e. The highest BCUT2D eigenvalue weighted by Crippen LogP contribution is 2.32. The van der Waals surface area contributed by atoms with Crippen molar-refractivity contribution in [2.45, 2.75) is 11.7 Å². The van der Waals surface area contributed by atoms with E-state index >= 15 is 0 Å². The molecule has 0 aliphatic carbocycles. The van der Waals surface area contributed by atoms with Gasteiger partial charge in [-0.3, -0.25) is 0 Å². The number of rotatable bonds is 1. The summed E-state index contributed by atoms with van der Waals surface area (Å²) < 4.78 is 36.4. The Kier molecular flexibility index (Phi) is 1.75. The molecule has 0 bridgehead atoms. The largest absolute Gasteiger partial charge is 0.479 e. The Bertz CT molecular complexity index is 237. The minimum Gasteiger partial charge on any atom is -0.479 e. The maximum absolute atomic E-state index is 12.1. The molecule has 68 valence electrons. The van der Waals surface area contributed by atoms with Gasteiger partial charge in [-0.05, 0) is 6.08 Å². The molecule has 0 saturated carbocycles. The molecule has 1 heterocycles. The molecule has 0 aromatic rings. The van der Waals surface area contributed by atoms with Gasteiger partial charge < -0.3 is 10.5 Å². The van der Waals surface area contributed by atoms with Crippen molar-refractivity contribution in [3.8, 4) is 0 Å². The molecule has 0 saturated heterocycles. The highest BCUT2D eigenvalue weighted by atomic mass is 19.4. The van der Waals surface area contributed by atoms with Gasteiger partial charge in [0.15, 0.2) is 0 Å². The Hall–Kier alpha value is -1.24. The Morgan fingerprint density at radius 1 is 1.50 bits per heavy atom. The fourth-order valence-electron chi connectivity index (χ4n) is 0.775. The molecule has 7 heteroatoms. The zero-order valence-electron chi connectivity index (χ0n) is 5.64. The van der Waals surface area contributed by atoms with Crippen LogP contribution in [0.3, 0.4) is 0 Å². The first-order valence-electron chi connectivity index (χ1n) is 2.91. The maximum atomic E-state index is 12.1. The number of nitrogens with one attached hydrogen (secondary N) is 2. The van der Waals surface area contributed by atoms with Crippen LogP contribution in [0.5, 0.6) is 0 Å². The molecule has 0 amide bonds. The fourth-order valence-corrected chi connectivity index (χ4v) is 0.775. The molecule has 1 atom stereocenters. The molecule has 1 rings (SSSR count). The summed E-state index contributed by atoms with van der Waals surface area (Å²) in [7, 11) is 0. The molecule has 0 radical (unpaired) electrons. The van der Waals surface area contributed by atoms with Crippen LogP contribution in [0.1, 0.15) is 0 Å². The van der Waals surface area contributed by atoms with Crippen LogP contribution in [-0.4, -0.2) is 22.8 Å². The first kappa shape index (κ1) is 8.85. The fraction of sp³-hybridized carbons (Fsp3) is 0.400. The van der Waals surface area contributed by atoms with E-state index < -0.39 is 17.7 Å². The number of alkyl halides is 3. The Labute approximate surface area is 65.0 Å². The minimum absolute atomic E-state index is 0.509. The summed E-state index contributed by atoms with van der Waals surface area (Å²) in [5, 5.41) is 8.33. The van der Waals surface area contributed by atoms with Crippen molar-refractivity contribution in [2.24, 2.45) is 0 Å². The van der Waals surface area contributed by atoms with Crippen molar-refractivity contribution < 1.29 is 23.1 Å². The predicted molar refractivity (Wildman–Crippen MR) is 31.8 cm³/mol. The van der Waals surface area contributed by atoms with Gasteiger partial charge in [0.1, 0.15) is 0 Å². The van der Waals surface area contributed by atoms with Crippen LogP contribution < -0.4 is 10.9 Å². The van der Waals surface area contributed by atoms with Gasteiger partial charge in [0.05, 0.1) is 0 Å². The van der Waals surface area contributed by atoms with E-state index in [2.05, 4.69) is 0 Å². The van der Waals surface area contributed by atoms with Crippen molar-refractivity contribution in [3.05, 3.63) is 12.3 Å². The summed E-state index contributed by atoms with van der Waals surface area (Å²) in [5.74, 6) is -1.99. The Morgan fingerprint density at radius 2 is 2.08 bits per heavy atom. The molecule has 0 aromatic carbocycles. The lowest BCUT2D eigenvalue weighted by Gasteiger charge is -2.24. The number of hydrogen-bond acceptors (Lipinski definition) is 3. The predicted octanol–water partition coefficient (Wildman–Crippen LogP) is -0.00640. The molecule has 1 aliphatic heterocycles. The zero-order valence-corrected chi connectivity index (χ0v) is 5.64. The maximum Gasteiger partial charge on any atom is 0.422 e. The van der Waals surface area contributed by atoms with Crippen molar-refractivity contribution in [2.75, 3.05) is 0 Å².